The first-order valence-electron chi connectivity index (χ1n) is 7.08. The number of amides is 1. The van der Waals surface area contributed by atoms with Crippen LogP contribution in [-0.4, -0.2) is 49.1 Å². The molecule has 1 amide bonds. The number of ether oxygens (including phenoxy) is 1. The monoisotopic (exact) mass is 270 g/mol. The molecule has 1 rings (SSSR count). The molecule has 1 unspecified atom stereocenters. The molecule has 0 aliphatic carbocycles. The van der Waals surface area contributed by atoms with Crippen LogP contribution in [0.25, 0.3) is 0 Å². The summed E-state index contributed by atoms with van der Waals surface area (Å²) in [6.07, 6.45) is 1.86. The van der Waals surface area contributed by atoms with Gasteiger partial charge in [-0.25, -0.2) is 0 Å². The lowest BCUT2D eigenvalue weighted by Gasteiger charge is -2.38. The Kier molecular flexibility index (Phi) is 5.79. The lowest BCUT2D eigenvalue weighted by Crippen LogP contribution is -2.53. The van der Waals surface area contributed by atoms with E-state index in [-0.39, 0.29) is 24.5 Å². The quantitative estimate of drug-likeness (QED) is 0.762. The van der Waals surface area contributed by atoms with E-state index >= 15 is 0 Å². The van der Waals surface area contributed by atoms with Gasteiger partial charge in [0.25, 0.3) is 0 Å². The molecule has 1 N–H and O–H groups in total. The van der Waals surface area contributed by atoms with Crippen LogP contribution in [0.1, 0.15) is 40.5 Å². The number of nitrogens with one attached hydrogen (secondary N) is 1. The molecule has 110 valence electrons. The van der Waals surface area contributed by atoms with E-state index in [0.29, 0.717) is 13.2 Å². The Morgan fingerprint density at radius 1 is 1.42 bits per heavy atom. The van der Waals surface area contributed by atoms with Crippen LogP contribution in [0.4, 0.5) is 0 Å². The molecule has 1 aliphatic rings. The largest absolute Gasteiger partial charge is 0.465 e. The highest BCUT2D eigenvalue weighted by molar-refractivity contribution is 5.86. The second-order valence-corrected chi connectivity index (χ2v) is 5.67. The summed E-state index contributed by atoms with van der Waals surface area (Å²) in [4.78, 5) is 25.9. The number of rotatable bonds is 5. The third-order valence-corrected chi connectivity index (χ3v) is 3.60. The highest BCUT2D eigenvalue weighted by Crippen LogP contribution is 2.28. The van der Waals surface area contributed by atoms with Crippen LogP contribution >= 0.6 is 0 Å². The first-order valence-corrected chi connectivity index (χ1v) is 7.08. The zero-order chi connectivity index (χ0) is 14.5. The molecule has 1 aliphatic heterocycles. The van der Waals surface area contributed by atoms with Crippen molar-refractivity contribution in [3.8, 4) is 0 Å². The minimum absolute atomic E-state index is 0.00402. The van der Waals surface area contributed by atoms with Gasteiger partial charge >= 0.3 is 5.97 Å². The van der Waals surface area contributed by atoms with Gasteiger partial charge < -0.3 is 15.0 Å². The van der Waals surface area contributed by atoms with Crippen molar-refractivity contribution in [2.45, 2.75) is 46.6 Å². The molecule has 0 saturated carbocycles. The van der Waals surface area contributed by atoms with Gasteiger partial charge in [-0.15, -0.1) is 0 Å². The smallest absolute Gasteiger partial charge is 0.325 e. The molecule has 5 nitrogen and oxygen atoms in total. The second-order valence-electron chi connectivity index (χ2n) is 5.67. The minimum atomic E-state index is -0.408. The molecule has 0 spiro atoms. The lowest BCUT2D eigenvalue weighted by atomic mass is 9.81. The lowest BCUT2D eigenvalue weighted by molar-refractivity contribution is -0.154. The normalized spacial score (nSPS) is 23.2. The molecule has 0 aromatic heterocycles. The Balaban J connectivity index is 2.74. The predicted octanol–water partition coefficient (Wildman–Crippen LogP) is 1.18. The summed E-state index contributed by atoms with van der Waals surface area (Å²) >= 11 is 0. The molecule has 0 aromatic carbocycles. The zero-order valence-corrected chi connectivity index (χ0v) is 12.5. The van der Waals surface area contributed by atoms with Gasteiger partial charge in [0.05, 0.1) is 12.0 Å². The van der Waals surface area contributed by atoms with E-state index < -0.39 is 5.41 Å². The number of carbonyl (C=O) groups excluding carboxylic acids is 2. The van der Waals surface area contributed by atoms with Gasteiger partial charge in [-0.2, -0.15) is 0 Å². The number of piperidine rings is 1. The average molecular weight is 270 g/mol. The molecule has 0 radical (unpaired) electrons. The highest BCUT2D eigenvalue weighted by Gasteiger charge is 2.39. The molecule has 1 atom stereocenters. The molecule has 1 saturated heterocycles. The zero-order valence-electron chi connectivity index (χ0n) is 12.5. The van der Waals surface area contributed by atoms with E-state index in [1.807, 2.05) is 20.8 Å². The van der Waals surface area contributed by atoms with Crippen LogP contribution in [0.2, 0.25) is 0 Å². The summed E-state index contributed by atoms with van der Waals surface area (Å²) in [5.41, 5.74) is -0.408. The Hall–Kier alpha value is -1.10. The fraction of sp³-hybridized carbons (Fsp3) is 0.857. The van der Waals surface area contributed by atoms with Gasteiger partial charge in [-0.3, -0.25) is 9.59 Å². The van der Waals surface area contributed by atoms with Crippen LogP contribution in [0.15, 0.2) is 0 Å². The van der Waals surface area contributed by atoms with Crippen LogP contribution in [-0.2, 0) is 14.3 Å². The molecule has 1 heterocycles. The number of esters is 1. The Bertz CT molecular complexity index is 323. The fourth-order valence-electron chi connectivity index (χ4n) is 2.42. The summed E-state index contributed by atoms with van der Waals surface area (Å²) in [5.74, 6) is -0.292. The van der Waals surface area contributed by atoms with E-state index in [9.17, 15) is 9.59 Å². The molecule has 5 heteroatoms. The summed E-state index contributed by atoms with van der Waals surface area (Å²) in [7, 11) is 0. The van der Waals surface area contributed by atoms with Crippen LogP contribution in [0.3, 0.4) is 0 Å². The number of carbonyl (C=O) groups is 2. The van der Waals surface area contributed by atoms with E-state index in [0.717, 1.165) is 19.4 Å². The Morgan fingerprint density at radius 3 is 2.58 bits per heavy atom. The Labute approximate surface area is 115 Å². The maximum Gasteiger partial charge on any atom is 0.325 e. The minimum Gasteiger partial charge on any atom is -0.465 e. The van der Waals surface area contributed by atoms with Crippen LogP contribution < -0.4 is 5.32 Å². The summed E-state index contributed by atoms with van der Waals surface area (Å²) < 4.78 is 4.94. The fourth-order valence-corrected chi connectivity index (χ4v) is 2.42. The van der Waals surface area contributed by atoms with E-state index in [1.165, 1.54) is 0 Å². The van der Waals surface area contributed by atoms with E-state index in [2.05, 4.69) is 5.32 Å². The third kappa shape index (κ3) is 4.20. The maximum absolute atomic E-state index is 12.7. The van der Waals surface area contributed by atoms with E-state index in [4.69, 9.17) is 4.74 Å². The van der Waals surface area contributed by atoms with Crippen molar-refractivity contribution in [3.63, 3.8) is 0 Å². The number of hydrogen-bond donors (Lipinski definition) is 1. The highest BCUT2D eigenvalue weighted by atomic mass is 16.5. The van der Waals surface area contributed by atoms with Crippen molar-refractivity contribution in [1.29, 1.82) is 0 Å². The van der Waals surface area contributed by atoms with Crippen molar-refractivity contribution in [3.05, 3.63) is 0 Å². The maximum atomic E-state index is 12.7. The summed E-state index contributed by atoms with van der Waals surface area (Å²) in [5, 5.41) is 3.26. The Morgan fingerprint density at radius 2 is 2.11 bits per heavy atom. The molecular weight excluding hydrogens is 244 g/mol. The number of nitrogens with zero attached hydrogens (tertiary/aromatic N) is 1. The second kappa shape index (κ2) is 6.89. The van der Waals surface area contributed by atoms with Gasteiger partial charge in [0, 0.05) is 12.6 Å². The molecule has 0 aromatic rings. The van der Waals surface area contributed by atoms with Crippen molar-refractivity contribution >= 4 is 11.9 Å². The number of hydrogen-bond acceptors (Lipinski definition) is 4. The first kappa shape index (κ1) is 16.0. The SMILES string of the molecule is CCOC(=O)CN(C(=O)C1(C)CCCNC1)C(C)C. The van der Waals surface area contributed by atoms with E-state index in [1.54, 1.807) is 11.8 Å². The van der Waals surface area contributed by atoms with Gasteiger partial charge in [-0.1, -0.05) is 0 Å². The summed E-state index contributed by atoms with van der Waals surface area (Å²) in [6, 6.07) is -0.00402. The standard InChI is InChI=1S/C14H26N2O3/c1-5-19-12(17)9-16(11(2)3)13(18)14(4)7-6-8-15-10-14/h11,15H,5-10H2,1-4H3. The average Bonchev–Trinajstić information content (AvgIpc) is 2.36. The summed E-state index contributed by atoms with van der Waals surface area (Å²) in [6.45, 7) is 9.62. The third-order valence-electron chi connectivity index (χ3n) is 3.60. The van der Waals surface area contributed by atoms with Gasteiger partial charge in [0.2, 0.25) is 5.91 Å². The van der Waals surface area contributed by atoms with Gasteiger partial charge in [-0.05, 0) is 47.1 Å². The molecule has 19 heavy (non-hydrogen) atoms. The predicted molar refractivity (Wildman–Crippen MR) is 73.7 cm³/mol. The van der Waals surface area contributed by atoms with Crippen LogP contribution in [0.5, 0.6) is 0 Å². The van der Waals surface area contributed by atoms with Crippen molar-refractivity contribution in [2.24, 2.45) is 5.41 Å². The molecular formula is C14H26N2O3. The van der Waals surface area contributed by atoms with Crippen molar-refractivity contribution in [1.82, 2.24) is 10.2 Å². The van der Waals surface area contributed by atoms with Crippen molar-refractivity contribution in [2.75, 3.05) is 26.2 Å². The topological polar surface area (TPSA) is 58.6 Å². The van der Waals surface area contributed by atoms with Gasteiger partial charge in [0.1, 0.15) is 6.54 Å². The van der Waals surface area contributed by atoms with Gasteiger partial charge in [0.15, 0.2) is 0 Å². The molecule has 1 fully saturated rings. The van der Waals surface area contributed by atoms with Crippen LogP contribution in [0, 0.1) is 5.41 Å². The first-order chi connectivity index (χ1) is 8.90. The van der Waals surface area contributed by atoms with Crippen molar-refractivity contribution < 1.29 is 14.3 Å². The molecule has 0 bridgehead atoms.